The minimum Gasteiger partial charge on any atom is -0.561 e. The van der Waals surface area contributed by atoms with E-state index in [4.69, 9.17) is 27.9 Å². The van der Waals surface area contributed by atoms with Crippen molar-refractivity contribution < 1.29 is 27.9 Å². The lowest BCUT2D eigenvalue weighted by atomic mass is 9.48. The van der Waals surface area contributed by atoms with Crippen LogP contribution in [0.5, 0.6) is 11.5 Å². The highest BCUT2D eigenvalue weighted by Crippen LogP contribution is 2.43. The molecule has 6 aromatic rings. The Kier molecular flexibility index (Phi) is 21.4. The van der Waals surface area contributed by atoms with E-state index < -0.39 is 0 Å². The zero-order chi connectivity index (χ0) is 67.4. The largest absolute Gasteiger partial charge is 0.561 e. The van der Waals surface area contributed by atoms with Gasteiger partial charge in [0.05, 0.1) is 24.4 Å². The maximum atomic E-state index is 5.99. The molecular weight excluding hydrogens is 1100 g/mol. The molecule has 0 fully saturated rings. The Balaban J connectivity index is 0.000000154. The smallest absolute Gasteiger partial charge is 0.364 e. The van der Waals surface area contributed by atoms with Gasteiger partial charge in [0.15, 0.2) is 0 Å². The fourth-order valence-corrected chi connectivity index (χ4v) is 12.8. The fourth-order valence-electron chi connectivity index (χ4n) is 12.8. The van der Waals surface area contributed by atoms with Crippen LogP contribution in [0.3, 0.4) is 0 Å². The summed E-state index contributed by atoms with van der Waals surface area (Å²) in [5.74, 6) is 2.16. The van der Waals surface area contributed by atoms with E-state index in [1.807, 2.05) is 0 Å². The highest BCUT2D eigenvalue weighted by molar-refractivity contribution is 6.69. The van der Waals surface area contributed by atoms with Crippen molar-refractivity contribution in [3.63, 3.8) is 0 Å². The van der Waals surface area contributed by atoms with Crippen LogP contribution in [0.25, 0.3) is 0 Å². The SMILES string of the molecule is CB1Cc2ccc(C(C)(C)C)cc2O1.CB1OC(C)(C)c2cc(C(C)(C)C)ccc21.CB1OC(C)(C)c2ccc(C(C)(C)C)cc21.CB1OCc2cc(C(C)(C)C)ccc21.CB1OCc2ccc(C(C)(C)C)cc21.CB1Oc2cc(C(C)(C)C)ccc2C1(C)C. The molecule has 6 aliphatic heterocycles. The van der Waals surface area contributed by atoms with Crippen LogP contribution in [0.1, 0.15) is 233 Å². The molecular formula is C78H114B6O6. The average Bonchev–Trinajstić information content (AvgIpc) is 1.80. The molecule has 6 aliphatic rings. The van der Waals surface area contributed by atoms with Gasteiger partial charge in [-0.3, -0.25) is 0 Å². The second-order valence-electron chi connectivity index (χ2n) is 34.5. The van der Waals surface area contributed by atoms with Gasteiger partial charge in [-0.2, -0.15) is 0 Å². The number of hydrogen-bond acceptors (Lipinski definition) is 6. The summed E-state index contributed by atoms with van der Waals surface area (Å²) in [6, 6.07) is 40.3. The van der Waals surface area contributed by atoms with Crippen molar-refractivity contribution in [2.45, 2.75) is 276 Å². The predicted octanol–water partition coefficient (Wildman–Crippen LogP) is 17.7. The van der Waals surface area contributed by atoms with Crippen LogP contribution in [-0.2, 0) is 87.2 Å². The first-order valence-corrected chi connectivity index (χ1v) is 33.9. The average molecular weight is 1210 g/mol. The Morgan fingerprint density at radius 3 is 1.22 bits per heavy atom. The Labute approximate surface area is 551 Å². The molecule has 0 atom stereocenters. The van der Waals surface area contributed by atoms with Gasteiger partial charge in [-0.1, -0.05) is 263 Å². The molecule has 0 saturated heterocycles. The molecule has 6 nitrogen and oxygen atoms in total. The Morgan fingerprint density at radius 1 is 0.322 bits per heavy atom. The van der Waals surface area contributed by atoms with Gasteiger partial charge >= 0.3 is 41.5 Å². The lowest BCUT2D eigenvalue weighted by molar-refractivity contribution is 0.124. The molecule has 0 aromatic heterocycles. The highest BCUT2D eigenvalue weighted by atomic mass is 16.5. The molecule has 0 unspecified atom stereocenters. The summed E-state index contributed by atoms with van der Waals surface area (Å²) in [5.41, 5.74) is 22.8. The molecule has 0 bridgehead atoms. The summed E-state index contributed by atoms with van der Waals surface area (Å²) in [6.45, 7) is 69.4. The standard InChI is InChI=1S/3C14H21BO.3C12H17BO/c1-13(2,3)10-7-8-12-11(9-10)14(4,5)16-15(12)6;1-13(2,3)10-7-8-11-12(9-10)16-15(6)14(11,4)5;1-13(2,3)10-7-8-11-12(9-10)15(6)16-14(11,4)5;1-12(2,3)10-5-6-11-9(7-10)8-14-13(11)4;1-12(2,3)10-6-5-9-8-14-13(4)11(9)7-10;1-12(2,3)10-6-5-9-8-13(4)14-11(9)7-10/h3*7-9H,1-6H3;3*5-7H,8H2,1-4H3. The van der Waals surface area contributed by atoms with Gasteiger partial charge in [-0.25, -0.2) is 0 Å². The van der Waals surface area contributed by atoms with Crippen LogP contribution in [0.4, 0.5) is 0 Å². The monoisotopic (exact) mass is 1210 g/mol. The van der Waals surface area contributed by atoms with E-state index in [-0.39, 0.29) is 83.6 Å². The van der Waals surface area contributed by atoms with Crippen LogP contribution in [0.15, 0.2) is 109 Å². The summed E-state index contributed by atoms with van der Waals surface area (Å²) in [5, 5.41) is 0.131. The molecule has 0 amide bonds. The van der Waals surface area contributed by atoms with Crippen molar-refractivity contribution in [2.24, 2.45) is 0 Å². The Morgan fingerprint density at radius 2 is 0.700 bits per heavy atom. The van der Waals surface area contributed by atoms with E-state index >= 15 is 0 Å². The summed E-state index contributed by atoms with van der Waals surface area (Å²) < 4.78 is 34.9. The van der Waals surface area contributed by atoms with E-state index in [9.17, 15) is 0 Å². The van der Waals surface area contributed by atoms with E-state index in [0.29, 0.717) is 6.92 Å². The van der Waals surface area contributed by atoms with Gasteiger partial charge in [-0.05, 0) is 181 Å². The van der Waals surface area contributed by atoms with Gasteiger partial charge in [0.25, 0.3) is 0 Å². The third-order valence-corrected chi connectivity index (χ3v) is 19.5. The van der Waals surface area contributed by atoms with Gasteiger partial charge in [-0.15, -0.1) is 0 Å². The maximum Gasteiger partial charge on any atom is 0.364 e. The van der Waals surface area contributed by atoms with Crippen LogP contribution >= 0.6 is 0 Å². The Hall–Kier alpha value is -4.85. The highest BCUT2D eigenvalue weighted by Gasteiger charge is 2.43. The van der Waals surface area contributed by atoms with Crippen molar-refractivity contribution in [3.05, 3.63) is 176 Å². The maximum absolute atomic E-state index is 5.99. The molecule has 0 saturated carbocycles. The first kappa shape index (κ1) is 72.6. The third kappa shape index (κ3) is 17.1. The lowest BCUT2D eigenvalue weighted by Crippen LogP contribution is -2.33. The number of hydrogen-bond donors (Lipinski definition) is 0. The van der Waals surface area contributed by atoms with Crippen LogP contribution in [0.2, 0.25) is 40.9 Å². The van der Waals surface area contributed by atoms with Crippen molar-refractivity contribution in [3.8, 4) is 11.5 Å². The minimum atomic E-state index is -0.143. The normalized spacial score (nSPS) is 17.2. The van der Waals surface area contributed by atoms with Crippen molar-refractivity contribution in [1.29, 1.82) is 0 Å². The van der Waals surface area contributed by atoms with Crippen LogP contribution in [0, 0.1) is 0 Å². The van der Waals surface area contributed by atoms with Crippen LogP contribution in [-0.4, -0.2) is 41.5 Å². The first-order chi connectivity index (χ1) is 41.1. The quantitative estimate of drug-likeness (QED) is 0.141. The second kappa shape index (κ2) is 26.5. The van der Waals surface area contributed by atoms with Gasteiger partial charge in [0, 0.05) is 5.31 Å². The zero-order valence-corrected chi connectivity index (χ0v) is 61.9. The minimum absolute atomic E-state index is 0.131. The number of benzene rings is 6. The van der Waals surface area contributed by atoms with Gasteiger partial charge in [0.1, 0.15) is 11.5 Å². The summed E-state index contributed by atoms with van der Waals surface area (Å²) in [7, 11) is 0. The molecule has 12 heteroatoms. The third-order valence-electron chi connectivity index (χ3n) is 19.5. The fraction of sp³-hybridized carbons (Fsp3) is 0.538. The van der Waals surface area contributed by atoms with Gasteiger partial charge in [0.2, 0.25) is 0 Å². The van der Waals surface area contributed by atoms with Crippen molar-refractivity contribution >= 4 is 63.3 Å². The van der Waals surface area contributed by atoms with E-state index in [1.165, 1.54) is 88.6 Å². The molecule has 0 spiro atoms. The summed E-state index contributed by atoms with van der Waals surface area (Å²) >= 11 is 0. The molecule has 0 aliphatic carbocycles. The van der Waals surface area contributed by atoms with Gasteiger partial charge < -0.3 is 27.9 Å². The predicted molar refractivity (Wildman–Crippen MR) is 395 cm³/mol. The molecule has 6 aromatic carbocycles. The van der Waals surface area contributed by atoms with E-state index in [2.05, 4.69) is 316 Å². The summed E-state index contributed by atoms with van der Waals surface area (Å²) in [4.78, 5) is 0. The lowest BCUT2D eigenvalue weighted by Gasteiger charge is -2.24. The summed E-state index contributed by atoms with van der Waals surface area (Å²) in [6.07, 6.45) is 1.06. The second-order valence-corrected chi connectivity index (χ2v) is 34.5. The topological polar surface area (TPSA) is 55.4 Å². The molecule has 0 radical (unpaired) electrons. The number of fused-ring (bicyclic) bond motifs is 6. The van der Waals surface area contributed by atoms with Crippen molar-refractivity contribution in [1.82, 2.24) is 0 Å². The first-order valence-electron chi connectivity index (χ1n) is 33.9. The molecule has 6 heterocycles. The van der Waals surface area contributed by atoms with Crippen molar-refractivity contribution in [2.75, 3.05) is 0 Å². The zero-order valence-electron chi connectivity index (χ0n) is 61.9. The Bertz CT molecular complexity index is 3490. The molecule has 90 heavy (non-hydrogen) atoms. The molecule has 480 valence electrons. The molecule has 12 rings (SSSR count). The number of rotatable bonds is 0. The molecule has 0 N–H and O–H groups in total. The van der Waals surface area contributed by atoms with E-state index in [1.54, 1.807) is 0 Å². The van der Waals surface area contributed by atoms with E-state index in [0.717, 1.165) is 31.0 Å². The van der Waals surface area contributed by atoms with Crippen LogP contribution < -0.4 is 31.2 Å².